The molecule has 2 rings (SSSR count). The SMILES string of the molecule is O=C(CSCc1ccc(Cl)cc1)NCc1cccs1. The van der Waals surface area contributed by atoms with Crippen LogP contribution in [0, 0.1) is 0 Å². The van der Waals surface area contributed by atoms with E-state index >= 15 is 0 Å². The number of rotatable bonds is 6. The predicted octanol–water partition coefficient (Wildman–Crippen LogP) is 3.95. The van der Waals surface area contributed by atoms with Gasteiger partial charge in [-0.2, -0.15) is 0 Å². The molecule has 1 heterocycles. The smallest absolute Gasteiger partial charge is 0.230 e. The Hall–Kier alpha value is -0.970. The summed E-state index contributed by atoms with van der Waals surface area (Å²) in [5.41, 5.74) is 1.18. The lowest BCUT2D eigenvalue weighted by Gasteiger charge is -2.04. The van der Waals surface area contributed by atoms with Crippen LogP contribution in [0.3, 0.4) is 0 Å². The van der Waals surface area contributed by atoms with Crippen molar-refractivity contribution in [2.45, 2.75) is 12.3 Å². The molecular weight excluding hydrogens is 298 g/mol. The standard InChI is InChI=1S/C14H14ClNOS2/c15-12-5-3-11(4-6-12)9-18-10-14(17)16-8-13-2-1-7-19-13/h1-7H,8-10H2,(H,16,17). The van der Waals surface area contributed by atoms with Crippen molar-refractivity contribution < 1.29 is 4.79 Å². The fourth-order valence-electron chi connectivity index (χ4n) is 1.49. The summed E-state index contributed by atoms with van der Waals surface area (Å²) in [5.74, 6) is 1.38. The van der Waals surface area contributed by atoms with Crippen LogP contribution in [0.4, 0.5) is 0 Å². The quantitative estimate of drug-likeness (QED) is 0.875. The zero-order valence-electron chi connectivity index (χ0n) is 10.3. The van der Waals surface area contributed by atoms with E-state index in [0.717, 1.165) is 10.8 Å². The lowest BCUT2D eigenvalue weighted by atomic mass is 10.2. The molecule has 1 aromatic carbocycles. The summed E-state index contributed by atoms with van der Waals surface area (Å²) in [6.45, 7) is 0.623. The molecule has 100 valence electrons. The molecule has 1 N–H and O–H groups in total. The van der Waals surface area contributed by atoms with Crippen LogP contribution < -0.4 is 5.32 Å². The Labute approximate surface area is 126 Å². The van der Waals surface area contributed by atoms with Gasteiger partial charge < -0.3 is 5.32 Å². The normalized spacial score (nSPS) is 10.4. The Balaban J connectivity index is 1.65. The minimum absolute atomic E-state index is 0.0763. The van der Waals surface area contributed by atoms with Crippen LogP contribution in [0.15, 0.2) is 41.8 Å². The molecule has 2 nitrogen and oxygen atoms in total. The highest BCUT2D eigenvalue weighted by Gasteiger charge is 2.02. The molecule has 1 amide bonds. The number of hydrogen-bond acceptors (Lipinski definition) is 3. The second-order valence-electron chi connectivity index (χ2n) is 3.98. The molecule has 0 fully saturated rings. The van der Waals surface area contributed by atoms with Crippen molar-refractivity contribution >= 4 is 40.6 Å². The molecule has 0 saturated carbocycles. The van der Waals surface area contributed by atoms with E-state index in [1.54, 1.807) is 23.1 Å². The van der Waals surface area contributed by atoms with Gasteiger partial charge in [-0.1, -0.05) is 29.8 Å². The van der Waals surface area contributed by atoms with E-state index in [-0.39, 0.29) is 5.91 Å². The number of benzene rings is 1. The first-order valence-corrected chi connectivity index (χ1v) is 8.26. The maximum absolute atomic E-state index is 11.6. The maximum Gasteiger partial charge on any atom is 0.230 e. The van der Waals surface area contributed by atoms with Crippen LogP contribution in [0.2, 0.25) is 5.02 Å². The Morgan fingerprint density at radius 2 is 2.05 bits per heavy atom. The number of carbonyl (C=O) groups is 1. The Morgan fingerprint density at radius 3 is 2.74 bits per heavy atom. The molecule has 2 aromatic rings. The Kier molecular flexibility index (Phi) is 5.76. The van der Waals surface area contributed by atoms with Crippen molar-refractivity contribution in [3.8, 4) is 0 Å². The number of amides is 1. The van der Waals surface area contributed by atoms with Crippen LogP contribution >= 0.6 is 34.7 Å². The van der Waals surface area contributed by atoms with E-state index in [4.69, 9.17) is 11.6 Å². The van der Waals surface area contributed by atoms with Crippen molar-refractivity contribution in [3.05, 3.63) is 57.2 Å². The number of halogens is 1. The molecule has 0 radical (unpaired) electrons. The van der Waals surface area contributed by atoms with E-state index < -0.39 is 0 Å². The van der Waals surface area contributed by atoms with Gasteiger partial charge in [-0.3, -0.25) is 4.79 Å². The number of thioether (sulfide) groups is 1. The predicted molar refractivity (Wildman–Crippen MR) is 83.8 cm³/mol. The molecule has 19 heavy (non-hydrogen) atoms. The summed E-state index contributed by atoms with van der Waals surface area (Å²) >= 11 is 9.08. The summed E-state index contributed by atoms with van der Waals surface area (Å²) in [4.78, 5) is 12.8. The van der Waals surface area contributed by atoms with Gasteiger partial charge in [0, 0.05) is 15.7 Å². The van der Waals surface area contributed by atoms with E-state index in [2.05, 4.69) is 5.32 Å². The fraction of sp³-hybridized carbons (Fsp3) is 0.214. The summed E-state index contributed by atoms with van der Waals surface area (Å²) in [7, 11) is 0. The van der Waals surface area contributed by atoms with Gasteiger partial charge in [-0.05, 0) is 29.1 Å². The van der Waals surface area contributed by atoms with Gasteiger partial charge in [-0.25, -0.2) is 0 Å². The summed E-state index contributed by atoms with van der Waals surface area (Å²) in [5, 5.41) is 5.66. The first-order valence-electron chi connectivity index (χ1n) is 5.85. The first kappa shape index (κ1) is 14.4. The molecule has 0 aliphatic heterocycles. The molecule has 0 bridgehead atoms. The summed E-state index contributed by atoms with van der Waals surface area (Å²) in [6, 6.07) is 11.7. The Bertz CT molecular complexity index is 511. The molecule has 0 atom stereocenters. The molecular formula is C14H14ClNOS2. The molecule has 0 spiro atoms. The zero-order chi connectivity index (χ0) is 13.5. The van der Waals surface area contributed by atoms with E-state index in [1.165, 1.54) is 10.4 Å². The highest BCUT2D eigenvalue weighted by molar-refractivity contribution is 7.99. The minimum atomic E-state index is 0.0763. The van der Waals surface area contributed by atoms with Crippen LogP contribution in [0.25, 0.3) is 0 Å². The highest BCUT2D eigenvalue weighted by Crippen LogP contribution is 2.15. The van der Waals surface area contributed by atoms with E-state index in [9.17, 15) is 4.79 Å². The van der Waals surface area contributed by atoms with Gasteiger partial charge in [0.25, 0.3) is 0 Å². The molecule has 1 aromatic heterocycles. The molecule has 0 unspecified atom stereocenters. The minimum Gasteiger partial charge on any atom is -0.350 e. The highest BCUT2D eigenvalue weighted by atomic mass is 35.5. The van der Waals surface area contributed by atoms with E-state index in [1.807, 2.05) is 41.8 Å². The lowest BCUT2D eigenvalue weighted by molar-refractivity contribution is -0.118. The zero-order valence-corrected chi connectivity index (χ0v) is 12.7. The molecule has 5 heteroatoms. The van der Waals surface area contributed by atoms with Crippen molar-refractivity contribution in [2.24, 2.45) is 0 Å². The van der Waals surface area contributed by atoms with E-state index in [0.29, 0.717) is 12.3 Å². The number of thiophene rings is 1. The molecule has 0 aliphatic carbocycles. The lowest BCUT2D eigenvalue weighted by Crippen LogP contribution is -2.24. The molecule has 0 aliphatic rings. The van der Waals surface area contributed by atoms with Crippen LogP contribution in [-0.4, -0.2) is 11.7 Å². The summed E-state index contributed by atoms with van der Waals surface area (Å²) in [6.07, 6.45) is 0. The third kappa shape index (κ3) is 5.27. The van der Waals surface area contributed by atoms with Gasteiger partial charge in [0.05, 0.1) is 12.3 Å². The third-order valence-corrected chi connectivity index (χ3v) is 4.59. The monoisotopic (exact) mass is 311 g/mol. The number of nitrogens with one attached hydrogen (secondary N) is 1. The number of carbonyl (C=O) groups excluding carboxylic acids is 1. The molecule has 0 saturated heterocycles. The van der Waals surface area contributed by atoms with Crippen molar-refractivity contribution in [1.82, 2.24) is 5.32 Å². The van der Waals surface area contributed by atoms with Gasteiger partial charge >= 0.3 is 0 Å². The van der Waals surface area contributed by atoms with Gasteiger partial charge in [0.2, 0.25) is 5.91 Å². The van der Waals surface area contributed by atoms with Crippen LogP contribution in [-0.2, 0) is 17.1 Å². The Morgan fingerprint density at radius 1 is 1.26 bits per heavy atom. The van der Waals surface area contributed by atoms with Gasteiger partial charge in [0.1, 0.15) is 0 Å². The van der Waals surface area contributed by atoms with Crippen molar-refractivity contribution in [2.75, 3.05) is 5.75 Å². The third-order valence-electron chi connectivity index (χ3n) is 2.46. The van der Waals surface area contributed by atoms with Crippen LogP contribution in [0.1, 0.15) is 10.4 Å². The van der Waals surface area contributed by atoms with Gasteiger partial charge in [0.15, 0.2) is 0 Å². The second kappa shape index (κ2) is 7.58. The summed E-state index contributed by atoms with van der Waals surface area (Å²) < 4.78 is 0. The maximum atomic E-state index is 11.6. The largest absolute Gasteiger partial charge is 0.350 e. The average molecular weight is 312 g/mol. The number of hydrogen-bond donors (Lipinski definition) is 1. The first-order chi connectivity index (χ1) is 9.24. The second-order valence-corrected chi connectivity index (χ2v) is 6.43. The van der Waals surface area contributed by atoms with Crippen molar-refractivity contribution in [3.63, 3.8) is 0 Å². The average Bonchev–Trinajstić information content (AvgIpc) is 2.92. The van der Waals surface area contributed by atoms with Gasteiger partial charge in [-0.15, -0.1) is 23.1 Å². The fourth-order valence-corrected chi connectivity index (χ4v) is 3.08. The van der Waals surface area contributed by atoms with Crippen molar-refractivity contribution in [1.29, 1.82) is 0 Å². The van der Waals surface area contributed by atoms with Crippen LogP contribution in [0.5, 0.6) is 0 Å². The topological polar surface area (TPSA) is 29.1 Å².